The van der Waals surface area contributed by atoms with Gasteiger partial charge in [-0.2, -0.15) is 0 Å². The van der Waals surface area contributed by atoms with Crippen LogP contribution < -0.4 is 15.8 Å². The lowest BCUT2D eigenvalue weighted by atomic mass is 10.1. The van der Waals surface area contributed by atoms with Gasteiger partial charge in [-0.05, 0) is 25.5 Å². The molecule has 0 radical (unpaired) electrons. The van der Waals surface area contributed by atoms with Gasteiger partial charge in [0, 0.05) is 19.3 Å². The Labute approximate surface area is 113 Å². The van der Waals surface area contributed by atoms with Crippen molar-refractivity contribution in [2.75, 3.05) is 24.7 Å². The number of amides is 1. The van der Waals surface area contributed by atoms with Gasteiger partial charge < -0.3 is 10.6 Å². The first-order valence-corrected chi connectivity index (χ1v) is 7.62. The highest BCUT2D eigenvalue weighted by Crippen LogP contribution is 2.16. The Bertz CT molecular complexity index is 555. The first kappa shape index (κ1) is 15.5. The van der Waals surface area contributed by atoms with Crippen LogP contribution in [0.15, 0.2) is 18.2 Å². The van der Waals surface area contributed by atoms with Gasteiger partial charge in [0.25, 0.3) is 5.91 Å². The van der Waals surface area contributed by atoms with Crippen molar-refractivity contribution in [1.29, 1.82) is 0 Å². The fourth-order valence-corrected chi connectivity index (χ4v) is 2.18. The number of hydrogen-bond donors (Lipinski definition) is 3. The zero-order chi connectivity index (χ0) is 14.5. The minimum absolute atomic E-state index is 0.139. The van der Waals surface area contributed by atoms with Crippen molar-refractivity contribution in [2.24, 2.45) is 5.14 Å². The molecule has 6 nitrogen and oxygen atoms in total. The number of primary sulfonamides is 1. The molecule has 0 aliphatic rings. The van der Waals surface area contributed by atoms with Crippen molar-refractivity contribution in [3.63, 3.8) is 0 Å². The fourth-order valence-electron chi connectivity index (χ4n) is 1.63. The van der Waals surface area contributed by atoms with Crippen molar-refractivity contribution < 1.29 is 13.2 Å². The van der Waals surface area contributed by atoms with Gasteiger partial charge in [-0.15, -0.1) is 0 Å². The van der Waals surface area contributed by atoms with Gasteiger partial charge in [-0.3, -0.25) is 4.79 Å². The van der Waals surface area contributed by atoms with Crippen LogP contribution >= 0.6 is 0 Å². The molecule has 0 aliphatic carbocycles. The second-order valence-electron chi connectivity index (χ2n) is 4.28. The van der Waals surface area contributed by atoms with Crippen LogP contribution in [-0.2, 0) is 10.0 Å². The highest BCUT2D eigenvalue weighted by atomic mass is 32.2. The third-order valence-corrected chi connectivity index (χ3v) is 3.44. The molecule has 1 rings (SSSR count). The van der Waals surface area contributed by atoms with Crippen LogP contribution in [0, 0.1) is 6.92 Å². The van der Waals surface area contributed by atoms with E-state index in [2.05, 4.69) is 10.6 Å². The zero-order valence-corrected chi connectivity index (χ0v) is 11.9. The molecule has 7 heteroatoms. The Morgan fingerprint density at radius 3 is 2.63 bits per heavy atom. The van der Waals surface area contributed by atoms with Crippen LogP contribution in [0.1, 0.15) is 22.3 Å². The molecule has 0 atom stereocenters. The molecule has 1 aromatic rings. The molecule has 1 aromatic carbocycles. The summed E-state index contributed by atoms with van der Waals surface area (Å²) in [6.45, 7) is 2.17. The Hall–Kier alpha value is -1.60. The number of benzene rings is 1. The van der Waals surface area contributed by atoms with E-state index >= 15 is 0 Å². The molecule has 0 heterocycles. The van der Waals surface area contributed by atoms with Gasteiger partial charge in [0.05, 0.1) is 11.3 Å². The first-order chi connectivity index (χ1) is 8.83. The van der Waals surface area contributed by atoms with Gasteiger partial charge in [0.2, 0.25) is 10.0 Å². The molecule has 19 heavy (non-hydrogen) atoms. The van der Waals surface area contributed by atoms with E-state index in [1.807, 2.05) is 19.1 Å². The number of nitrogens with two attached hydrogens (primary N) is 1. The van der Waals surface area contributed by atoms with Crippen LogP contribution in [0.5, 0.6) is 0 Å². The van der Waals surface area contributed by atoms with Crippen LogP contribution in [0.2, 0.25) is 0 Å². The lowest BCUT2D eigenvalue weighted by molar-refractivity contribution is 0.0954. The third kappa shape index (κ3) is 5.27. The smallest absolute Gasteiger partial charge is 0.253 e. The second-order valence-corrected chi connectivity index (χ2v) is 6.01. The molecular weight excluding hydrogens is 266 g/mol. The zero-order valence-electron chi connectivity index (χ0n) is 11.1. The molecule has 0 aliphatic heterocycles. The van der Waals surface area contributed by atoms with Crippen molar-refractivity contribution in [3.05, 3.63) is 29.3 Å². The predicted molar refractivity (Wildman–Crippen MR) is 75.7 cm³/mol. The molecule has 0 spiro atoms. The Morgan fingerprint density at radius 1 is 1.37 bits per heavy atom. The number of carbonyl (C=O) groups is 1. The van der Waals surface area contributed by atoms with E-state index in [4.69, 9.17) is 5.14 Å². The maximum atomic E-state index is 12.0. The number of rotatable bonds is 6. The number of sulfonamides is 1. The Kier molecular flexibility index (Phi) is 5.31. The van der Waals surface area contributed by atoms with E-state index in [0.717, 1.165) is 11.3 Å². The Morgan fingerprint density at radius 2 is 2.05 bits per heavy atom. The molecule has 0 saturated carbocycles. The summed E-state index contributed by atoms with van der Waals surface area (Å²) in [7, 11) is -1.73. The van der Waals surface area contributed by atoms with E-state index in [1.54, 1.807) is 13.1 Å². The number of aryl methyl sites for hydroxylation is 1. The van der Waals surface area contributed by atoms with Gasteiger partial charge in [-0.25, -0.2) is 13.6 Å². The van der Waals surface area contributed by atoms with Gasteiger partial charge in [-0.1, -0.05) is 11.6 Å². The summed E-state index contributed by atoms with van der Waals surface area (Å²) < 4.78 is 21.5. The average Bonchev–Trinajstić information content (AvgIpc) is 2.33. The first-order valence-electron chi connectivity index (χ1n) is 5.90. The van der Waals surface area contributed by atoms with E-state index in [0.29, 0.717) is 12.0 Å². The minimum atomic E-state index is -3.47. The standard InChI is InChI=1S/C12H19N3O3S/c1-9-4-5-11(14-2)10(8-9)12(16)15-6-3-7-19(13,17)18/h4-5,8,14H,3,6-7H2,1-2H3,(H,15,16)(H2,13,17,18). The maximum absolute atomic E-state index is 12.0. The van der Waals surface area contributed by atoms with Gasteiger partial charge in [0.1, 0.15) is 0 Å². The largest absolute Gasteiger partial charge is 0.387 e. The number of hydrogen-bond acceptors (Lipinski definition) is 4. The number of anilines is 1. The van der Waals surface area contributed by atoms with E-state index in [-0.39, 0.29) is 18.2 Å². The van der Waals surface area contributed by atoms with E-state index < -0.39 is 10.0 Å². The summed E-state index contributed by atoms with van der Waals surface area (Å²) in [4.78, 5) is 12.0. The second kappa shape index (κ2) is 6.53. The molecule has 106 valence electrons. The summed E-state index contributed by atoms with van der Waals surface area (Å²) in [5, 5.41) is 10.5. The molecule has 0 bridgehead atoms. The molecule has 4 N–H and O–H groups in total. The summed E-state index contributed by atoms with van der Waals surface area (Å²) in [6.07, 6.45) is 0.297. The SMILES string of the molecule is CNc1ccc(C)cc1C(=O)NCCCS(N)(=O)=O. The minimum Gasteiger partial charge on any atom is -0.387 e. The molecule has 0 fully saturated rings. The average molecular weight is 285 g/mol. The highest BCUT2D eigenvalue weighted by Gasteiger charge is 2.11. The molecular formula is C12H19N3O3S. The van der Waals surface area contributed by atoms with Crippen molar-refractivity contribution in [3.8, 4) is 0 Å². The lowest BCUT2D eigenvalue weighted by Gasteiger charge is -2.10. The Balaban J connectivity index is 2.61. The quantitative estimate of drug-likeness (QED) is 0.660. The van der Waals surface area contributed by atoms with Crippen molar-refractivity contribution >= 4 is 21.6 Å². The summed E-state index contributed by atoms with van der Waals surface area (Å²) in [5.74, 6) is -0.373. The summed E-state index contributed by atoms with van der Waals surface area (Å²) in [5.41, 5.74) is 2.25. The summed E-state index contributed by atoms with van der Waals surface area (Å²) in [6, 6.07) is 5.51. The molecule has 0 unspecified atom stereocenters. The van der Waals surface area contributed by atoms with Gasteiger partial charge >= 0.3 is 0 Å². The van der Waals surface area contributed by atoms with E-state index in [9.17, 15) is 13.2 Å². The van der Waals surface area contributed by atoms with Gasteiger partial charge in [0.15, 0.2) is 0 Å². The van der Waals surface area contributed by atoms with Crippen molar-refractivity contribution in [1.82, 2.24) is 5.32 Å². The van der Waals surface area contributed by atoms with Crippen molar-refractivity contribution in [2.45, 2.75) is 13.3 Å². The van der Waals surface area contributed by atoms with Crippen LogP contribution in [0.3, 0.4) is 0 Å². The molecule has 1 amide bonds. The number of carbonyl (C=O) groups excluding carboxylic acids is 1. The number of nitrogens with one attached hydrogen (secondary N) is 2. The molecule has 0 saturated heterocycles. The van der Waals surface area contributed by atoms with E-state index in [1.165, 1.54) is 0 Å². The normalized spacial score (nSPS) is 11.1. The third-order valence-electron chi connectivity index (χ3n) is 2.58. The molecule has 0 aromatic heterocycles. The fraction of sp³-hybridized carbons (Fsp3) is 0.417. The van der Waals surface area contributed by atoms with Crippen LogP contribution in [0.4, 0.5) is 5.69 Å². The lowest BCUT2D eigenvalue weighted by Crippen LogP contribution is -2.27. The topological polar surface area (TPSA) is 101 Å². The maximum Gasteiger partial charge on any atom is 0.253 e. The van der Waals surface area contributed by atoms with Crippen LogP contribution in [0.25, 0.3) is 0 Å². The predicted octanol–water partition coefficient (Wildman–Crippen LogP) is 0.445. The highest BCUT2D eigenvalue weighted by molar-refractivity contribution is 7.89. The van der Waals surface area contributed by atoms with Crippen LogP contribution in [-0.4, -0.2) is 33.7 Å². The summed E-state index contributed by atoms with van der Waals surface area (Å²) >= 11 is 0. The monoisotopic (exact) mass is 285 g/mol.